The van der Waals surface area contributed by atoms with E-state index in [1.165, 1.54) is 0 Å². The summed E-state index contributed by atoms with van der Waals surface area (Å²) in [6.07, 6.45) is 3.92. The summed E-state index contributed by atoms with van der Waals surface area (Å²) in [5.74, 6) is 0.562. The van der Waals surface area contributed by atoms with Crippen molar-refractivity contribution in [2.45, 2.75) is 31.8 Å². The van der Waals surface area contributed by atoms with Crippen LogP contribution in [0.25, 0.3) is 5.52 Å². The molecule has 8 heteroatoms. The standard InChI is InChI=1S/C15H16N6O2/c22-14(12-9-11-3-1-2-7-21(11)19-12)16-10-4-5-13-17-18-15(23)20(13)8-6-10/h1-3,7,9-10H,4-6,8H2,(H,16,22)(H,18,23). The number of aryl methyl sites for hydroxylation is 1. The number of amides is 1. The van der Waals surface area contributed by atoms with Crippen molar-refractivity contribution < 1.29 is 4.79 Å². The highest BCUT2D eigenvalue weighted by Crippen LogP contribution is 2.12. The van der Waals surface area contributed by atoms with E-state index in [-0.39, 0.29) is 17.6 Å². The van der Waals surface area contributed by atoms with Crippen LogP contribution in [0, 0.1) is 0 Å². The van der Waals surface area contributed by atoms with Crippen molar-refractivity contribution in [3.63, 3.8) is 0 Å². The maximum Gasteiger partial charge on any atom is 0.343 e. The number of H-pyrrole nitrogens is 1. The van der Waals surface area contributed by atoms with Crippen molar-refractivity contribution in [2.75, 3.05) is 0 Å². The summed E-state index contributed by atoms with van der Waals surface area (Å²) in [6, 6.07) is 7.45. The van der Waals surface area contributed by atoms with Crippen LogP contribution in [0.5, 0.6) is 0 Å². The van der Waals surface area contributed by atoms with E-state index in [9.17, 15) is 9.59 Å². The van der Waals surface area contributed by atoms with Crippen molar-refractivity contribution in [1.82, 2.24) is 29.7 Å². The van der Waals surface area contributed by atoms with Gasteiger partial charge in [0.15, 0.2) is 5.69 Å². The first-order chi connectivity index (χ1) is 11.2. The number of nitrogens with one attached hydrogen (secondary N) is 2. The normalized spacial score (nSPS) is 17.7. The average molecular weight is 312 g/mol. The molecule has 1 unspecified atom stereocenters. The minimum Gasteiger partial charge on any atom is -0.348 e. The molecule has 4 rings (SSSR count). The fourth-order valence-corrected chi connectivity index (χ4v) is 2.96. The van der Waals surface area contributed by atoms with Gasteiger partial charge in [0, 0.05) is 25.2 Å². The molecule has 1 aliphatic rings. The molecule has 118 valence electrons. The van der Waals surface area contributed by atoms with Gasteiger partial charge in [0.2, 0.25) is 0 Å². The van der Waals surface area contributed by atoms with Gasteiger partial charge in [0.25, 0.3) is 5.91 Å². The molecule has 3 aromatic rings. The second-order valence-corrected chi connectivity index (χ2v) is 5.69. The van der Waals surface area contributed by atoms with Crippen LogP contribution >= 0.6 is 0 Å². The van der Waals surface area contributed by atoms with Gasteiger partial charge in [-0.1, -0.05) is 6.07 Å². The van der Waals surface area contributed by atoms with Crippen LogP contribution in [0.15, 0.2) is 35.3 Å². The third kappa shape index (κ3) is 2.52. The number of carbonyl (C=O) groups is 1. The molecule has 3 aromatic heterocycles. The Morgan fingerprint density at radius 1 is 1.35 bits per heavy atom. The molecule has 0 saturated heterocycles. The Bertz CT molecular complexity index is 888. The van der Waals surface area contributed by atoms with Gasteiger partial charge in [-0.25, -0.2) is 14.4 Å². The van der Waals surface area contributed by atoms with Crippen LogP contribution < -0.4 is 11.0 Å². The molecule has 2 N–H and O–H groups in total. The zero-order valence-electron chi connectivity index (χ0n) is 12.4. The summed E-state index contributed by atoms with van der Waals surface area (Å²) in [6.45, 7) is 0.556. The highest BCUT2D eigenvalue weighted by atomic mass is 16.2. The van der Waals surface area contributed by atoms with Crippen LogP contribution in [-0.4, -0.2) is 36.3 Å². The number of hydrogen-bond donors (Lipinski definition) is 2. The predicted molar refractivity (Wildman–Crippen MR) is 82.2 cm³/mol. The molecule has 0 saturated carbocycles. The van der Waals surface area contributed by atoms with E-state index in [1.54, 1.807) is 15.1 Å². The van der Waals surface area contributed by atoms with Crippen LogP contribution in [0.2, 0.25) is 0 Å². The van der Waals surface area contributed by atoms with Gasteiger partial charge in [-0.2, -0.15) is 10.2 Å². The summed E-state index contributed by atoms with van der Waals surface area (Å²) in [5.41, 5.74) is 1.09. The number of fused-ring (bicyclic) bond motifs is 2. The second-order valence-electron chi connectivity index (χ2n) is 5.69. The van der Waals surface area contributed by atoms with Gasteiger partial charge >= 0.3 is 5.69 Å². The fraction of sp³-hybridized carbons (Fsp3) is 0.333. The SMILES string of the molecule is O=C(NC1CCc2n[nH]c(=O)n2CC1)c1cc2ccccn2n1. The van der Waals surface area contributed by atoms with Crippen molar-refractivity contribution >= 4 is 11.4 Å². The Hall–Kier alpha value is -2.90. The Balaban J connectivity index is 1.48. The van der Waals surface area contributed by atoms with E-state index in [4.69, 9.17) is 0 Å². The molecule has 4 heterocycles. The fourth-order valence-electron chi connectivity index (χ4n) is 2.96. The number of pyridine rings is 1. The molecule has 0 aromatic carbocycles. The quantitative estimate of drug-likeness (QED) is 0.713. The molecule has 0 fully saturated rings. The van der Waals surface area contributed by atoms with Crippen LogP contribution in [0.3, 0.4) is 0 Å². The van der Waals surface area contributed by atoms with Gasteiger partial charge in [-0.3, -0.25) is 9.36 Å². The van der Waals surface area contributed by atoms with Crippen molar-refractivity contribution in [2.24, 2.45) is 0 Å². The Morgan fingerprint density at radius 3 is 3.13 bits per heavy atom. The average Bonchev–Trinajstić information content (AvgIpc) is 3.08. The highest BCUT2D eigenvalue weighted by molar-refractivity contribution is 5.93. The number of nitrogens with zero attached hydrogens (tertiary/aromatic N) is 4. The Labute approximate surface area is 131 Å². The lowest BCUT2D eigenvalue weighted by Crippen LogP contribution is -2.35. The van der Waals surface area contributed by atoms with E-state index >= 15 is 0 Å². The molecule has 1 atom stereocenters. The molecular weight excluding hydrogens is 296 g/mol. The second kappa shape index (κ2) is 5.38. The molecule has 0 bridgehead atoms. The van der Waals surface area contributed by atoms with Gasteiger partial charge in [-0.15, -0.1) is 0 Å². The minimum atomic E-state index is -0.188. The predicted octanol–water partition coefficient (Wildman–Crippen LogP) is 0.354. The monoisotopic (exact) mass is 312 g/mol. The maximum absolute atomic E-state index is 12.4. The first-order valence-corrected chi connectivity index (χ1v) is 7.60. The van der Waals surface area contributed by atoms with E-state index in [0.717, 1.165) is 17.8 Å². The number of aromatic nitrogens is 5. The smallest absolute Gasteiger partial charge is 0.343 e. The minimum absolute atomic E-state index is 0.00779. The van der Waals surface area contributed by atoms with E-state index < -0.39 is 0 Å². The molecular formula is C15H16N6O2. The summed E-state index contributed by atoms with van der Waals surface area (Å²) in [4.78, 5) is 24.0. The zero-order chi connectivity index (χ0) is 15.8. The third-order valence-corrected chi connectivity index (χ3v) is 4.19. The van der Waals surface area contributed by atoms with Crippen LogP contribution in [-0.2, 0) is 13.0 Å². The van der Waals surface area contributed by atoms with E-state index in [1.807, 2.05) is 24.4 Å². The number of hydrogen-bond acceptors (Lipinski definition) is 4. The molecule has 1 amide bonds. The Morgan fingerprint density at radius 2 is 2.26 bits per heavy atom. The van der Waals surface area contributed by atoms with Gasteiger partial charge in [0.05, 0.1) is 5.52 Å². The zero-order valence-corrected chi connectivity index (χ0v) is 12.4. The van der Waals surface area contributed by atoms with Crippen LogP contribution in [0.1, 0.15) is 29.2 Å². The number of carbonyl (C=O) groups excluding carboxylic acids is 1. The molecule has 0 spiro atoms. The lowest BCUT2D eigenvalue weighted by atomic mass is 10.1. The topological polar surface area (TPSA) is 97.1 Å². The number of rotatable bonds is 2. The molecule has 1 aliphatic heterocycles. The summed E-state index contributed by atoms with van der Waals surface area (Å²) < 4.78 is 3.31. The van der Waals surface area contributed by atoms with Gasteiger partial charge in [-0.05, 0) is 31.0 Å². The number of aromatic amines is 1. The molecule has 0 radical (unpaired) electrons. The largest absolute Gasteiger partial charge is 0.348 e. The van der Waals surface area contributed by atoms with Crippen molar-refractivity contribution in [3.8, 4) is 0 Å². The van der Waals surface area contributed by atoms with Gasteiger partial charge < -0.3 is 5.32 Å². The summed E-state index contributed by atoms with van der Waals surface area (Å²) >= 11 is 0. The highest BCUT2D eigenvalue weighted by Gasteiger charge is 2.21. The maximum atomic E-state index is 12.4. The molecule has 23 heavy (non-hydrogen) atoms. The molecule has 0 aliphatic carbocycles. The molecule has 8 nitrogen and oxygen atoms in total. The Kier molecular flexibility index (Phi) is 3.22. The summed E-state index contributed by atoms with van der Waals surface area (Å²) in [7, 11) is 0. The summed E-state index contributed by atoms with van der Waals surface area (Å²) in [5, 5.41) is 13.8. The lowest BCUT2D eigenvalue weighted by Gasteiger charge is -2.14. The first-order valence-electron chi connectivity index (χ1n) is 7.60. The lowest BCUT2D eigenvalue weighted by molar-refractivity contribution is 0.0927. The first kappa shape index (κ1) is 13.7. The van der Waals surface area contributed by atoms with E-state index in [0.29, 0.717) is 25.1 Å². The van der Waals surface area contributed by atoms with E-state index in [2.05, 4.69) is 20.6 Å². The van der Waals surface area contributed by atoms with Crippen molar-refractivity contribution in [1.29, 1.82) is 0 Å². The third-order valence-electron chi connectivity index (χ3n) is 4.19. The van der Waals surface area contributed by atoms with Gasteiger partial charge in [0.1, 0.15) is 5.82 Å². The van der Waals surface area contributed by atoms with Crippen LogP contribution in [0.4, 0.5) is 0 Å². The van der Waals surface area contributed by atoms with Crippen molar-refractivity contribution in [3.05, 3.63) is 52.5 Å².